The molecule has 0 unspecified atom stereocenters. The fourth-order valence-corrected chi connectivity index (χ4v) is 3.91. The molecule has 0 atom stereocenters. The highest BCUT2D eigenvalue weighted by Gasteiger charge is 2.28. The van der Waals surface area contributed by atoms with E-state index in [0.717, 1.165) is 37.0 Å². The fraction of sp³-hybridized carbons (Fsp3) is 0.421. The Hall–Kier alpha value is -2.87. The van der Waals surface area contributed by atoms with Crippen LogP contribution in [0, 0.1) is 0 Å². The largest absolute Gasteiger partial charge is 0.390 e. The number of carbonyl (C=O) groups excluding carboxylic acids is 1. The Balaban J connectivity index is 1.45. The van der Waals surface area contributed by atoms with Gasteiger partial charge in [0.1, 0.15) is 0 Å². The SMILES string of the molecule is O=C(c1ccc2c(c1)[nH]c(=O)n2C1CC1)N1CCCn2nc(CO)cc2C1. The van der Waals surface area contributed by atoms with Crippen molar-refractivity contribution >= 4 is 16.9 Å². The Morgan fingerprint density at radius 3 is 2.89 bits per heavy atom. The van der Waals surface area contributed by atoms with Crippen LogP contribution in [0.4, 0.5) is 0 Å². The molecule has 3 aromatic rings. The first kappa shape index (κ1) is 16.3. The van der Waals surface area contributed by atoms with Gasteiger partial charge >= 0.3 is 5.69 Å². The number of aromatic amines is 1. The minimum Gasteiger partial charge on any atom is -0.390 e. The van der Waals surface area contributed by atoms with Gasteiger partial charge in [-0.2, -0.15) is 5.10 Å². The smallest absolute Gasteiger partial charge is 0.326 e. The van der Waals surface area contributed by atoms with Crippen molar-refractivity contribution in [1.82, 2.24) is 24.2 Å². The lowest BCUT2D eigenvalue weighted by molar-refractivity contribution is 0.0746. The zero-order valence-corrected chi connectivity index (χ0v) is 14.9. The first-order chi connectivity index (χ1) is 13.1. The number of aliphatic hydroxyl groups is 1. The van der Waals surface area contributed by atoms with Gasteiger partial charge in [-0.25, -0.2) is 4.79 Å². The van der Waals surface area contributed by atoms with Crippen molar-refractivity contribution in [2.75, 3.05) is 6.54 Å². The molecule has 1 saturated carbocycles. The van der Waals surface area contributed by atoms with Crippen molar-refractivity contribution in [1.29, 1.82) is 0 Å². The minimum absolute atomic E-state index is 0.0582. The van der Waals surface area contributed by atoms with E-state index >= 15 is 0 Å². The molecule has 2 N–H and O–H groups in total. The van der Waals surface area contributed by atoms with Gasteiger partial charge in [0.05, 0.1) is 35.6 Å². The van der Waals surface area contributed by atoms with E-state index in [1.807, 2.05) is 16.8 Å². The Kier molecular flexibility index (Phi) is 3.68. The number of rotatable bonds is 3. The quantitative estimate of drug-likeness (QED) is 0.731. The molecule has 0 radical (unpaired) electrons. The number of imidazole rings is 1. The number of aliphatic hydroxyl groups excluding tert-OH is 1. The molecule has 1 aliphatic carbocycles. The summed E-state index contributed by atoms with van der Waals surface area (Å²) in [5.74, 6) is -0.0582. The molecule has 0 spiro atoms. The number of aryl methyl sites for hydroxylation is 1. The Bertz CT molecular complexity index is 1090. The van der Waals surface area contributed by atoms with Gasteiger partial charge in [0.2, 0.25) is 0 Å². The van der Waals surface area contributed by atoms with Crippen molar-refractivity contribution in [2.24, 2.45) is 0 Å². The Morgan fingerprint density at radius 2 is 2.11 bits per heavy atom. The third kappa shape index (κ3) is 2.76. The molecule has 2 aliphatic rings. The van der Waals surface area contributed by atoms with Crippen molar-refractivity contribution in [3.63, 3.8) is 0 Å². The maximum absolute atomic E-state index is 13.1. The number of carbonyl (C=O) groups is 1. The second-order valence-corrected chi connectivity index (χ2v) is 7.35. The standard InChI is InChI=1S/C19H21N5O3/c25-11-13-9-15-10-22(6-1-7-23(15)21-13)18(26)12-2-5-17-16(8-12)20-19(27)24(17)14-3-4-14/h2,5,8-9,14,25H,1,3-4,6-7,10-11H2,(H,20,27). The van der Waals surface area contributed by atoms with E-state index in [-0.39, 0.29) is 18.2 Å². The molecule has 1 fully saturated rings. The molecule has 27 heavy (non-hydrogen) atoms. The van der Waals surface area contributed by atoms with E-state index in [1.165, 1.54) is 0 Å². The fourth-order valence-electron chi connectivity index (χ4n) is 3.91. The summed E-state index contributed by atoms with van der Waals surface area (Å²) in [6.45, 7) is 1.74. The zero-order valence-electron chi connectivity index (χ0n) is 14.9. The number of benzene rings is 1. The van der Waals surface area contributed by atoms with E-state index in [2.05, 4.69) is 10.1 Å². The van der Waals surface area contributed by atoms with Crippen molar-refractivity contribution < 1.29 is 9.90 Å². The summed E-state index contributed by atoms with van der Waals surface area (Å²) in [4.78, 5) is 30.0. The van der Waals surface area contributed by atoms with Crippen LogP contribution in [-0.4, -0.2) is 41.8 Å². The van der Waals surface area contributed by atoms with Gasteiger partial charge in [-0.3, -0.25) is 14.0 Å². The molecule has 0 bridgehead atoms. The second-order valence-electron chi connectivity index (χ2n) is 7.35. The van der Waals surface area contributed by atoms with Gasteiger partial charge in [0.15, 0.2) is 0 Å². The molecule has 5 rings (SSSR count). The molecule has 1 amide bonds. The highest BCUT2D eigenvalue weighted by Crippen LogP contribution is 2.35. The monoisotopic (exact) mass is 367 g/mol. The highest BCUT2D eigenvalue weighted by molar-refractivity contribution is 5.97. The topological polar surface area (TPSA) is 96.2 Å². The van der Waals surface area contributed by atoms with Gasteiger partial charge in [-0.05, 0) is 43.5 Å². The van der Waals surface area contributed by atoms with Gasteiger partial charge < -0.3 is 15.0 Å². The number of amides is 1. The molecule has 8 heteroatoms. The predicted octanol–water partition coefficient (Wildman–Crippen LogP) is 1.40. The number of nitrogens with zero attached hydrogens (tertiary/aromatic N) is 4. The van der Waals surface area contributed by atoms with Crippen molar-refractivity contribution in [2.45, 2.75) is 45.0 Å². The molecule has 8 nitrogen and oxygen atoms in total. The molecule has 2 aromatic heterocycles. The number of hydrogen-bond acceptors (Lipinski definition) is 4. The number of fused-ring (bicyclic) bond motifs is 2. The number of H-pyrrole nitrogens is 1. The second kappa shape index (κ2) is 6.09. The molecule has 1 aliphatic heterocycles. The summed E-state index contributed by atoms with van der Waals surface area (Å²) < 4.78 is 3.67. The van der Waals surface area contributed by atoms with Crippen molar-refractivity contribution in [3.05, 3.63) is 51.7 Å². The maximum Gasteiger partial charge on any atom is 0.326 e. The van der Waals surface area contributed by atoms with Crippen LogP contribution in [0.5, 0.6) is 0 Å². The van der Waals surface area contributed by atoms with Crippen molar-refractivity contribution in [3.8, 4) is 0 Å². The summed E-state index contributed by atoms with van der Waals surface area (Å²) in [6, 6.07) is 7.59. The van der Waals surface area contributed by atoms with Gasteiger partial charge in [-0.1, -0.05) is 0 Å². The molecule has 3 heterocycles. The third-order valence-corrected chi connectivity index (χ3v) is 5.39. The summed E-state index contributed by atoms with van der Waals surface area (Å²) in [7, 11) is 0. The Morgan fingerprint density at radius 1 is 1.26 bits per heavy atom. The molecule has 0 saturated heterocycles. The van der Waals surface area contributed by atoms with Crippen LogP contribution in [-0.2, 0) is 19.7 Å². The summed E-state index contributed by atoms with van der Waals surface area (Å²) >= 11 is 0. The number of aromatic nitrogens is 4. The van der Waals surface area contributed by atoms with Gasteiger partial charge in [0, 0.05) is 24.7 Å². The average Bonchev–Trinajstić information content (AvgIpc) is 3.39. The van der Waals surface area contributed by atoms with Crippen LogP contribution >= 0.6 is 0 Å². The lowest BCUT2D eigenvalue weighted by atomic mass is 10.1. The number of nitrogens with one attached hydrogen (secondary N) is 1. The van der Waals surface area contributed by atoms with Crippen LogP contribution < -0.4 is 5.69 Å². The van der Waals surface area contributed by atoms with Crippen LogP contribution in [0.15, 0.2) is 29.1 Å². The highest BCUT2D eigenvalue weighted by atomic mass is 16.3. The minimum atomic E-state index is -0.104. The summed E-state index contributed by atoms with van der Waals surface area (Å²) in [6.07, 6.45) is 2.87. The normalized spacial score (nSPS) is 17.1. The van der Waals surface area contributed by atoms with Crippen LogP contribution in [0.3, 0.4) is 0 Å². The maximum atomic E-state index is 13.1. The number of hydrogen-bond donors (Lipinski definition) is 2. The molecular formula is C19H21N5O3. The predicted molar refractivity (Wildman–Crippen MR) is 98.3 cm³/mol. The first-order valence-electron chi connectivity index (χ1n) is 9.34. The summed E-state index contributed by atoms with van der Waals surface area (Å²) in [5.41, 5.74) is 3.59. The van der Waals surface area contributed by atoms with Gasteiger partial charge in [-0.15, -0.1) is 0 Å². The zero-order chi connectivity index (χ0) is 18.5. The Labute approximate surface area is 155 Å². The molecule has 1 aromatic carbocycles. The average molecular weight is 367 g/mol. The van der Waals surface area contributed by atoms with E-state index in [4.69, 9.17) is 0 Å². The van der Waals surface area contributed by atoms with Crippen LogP contribution in [0.25, 0.3) is 11.0 Å². The van der Waals surface area contributed by atoms with E-state index in [1.54, 1.807) is 21.6 Å². The van der Waals surface area contributed by atoms with E-state index < -0.39 is 0 Å². The lowest BCUT2D eigenvalue weighted by Crippen LogP contribution is -2.30. The molecular weight excluding hydrogens is 346 g/mol. The van der Waals surface area contributed by atoms with E-state index in [9.17, 15) is 14.7 Å². The van der Waals surface area contributed by atoms with Crippen LogP contribution in [0.1, 0.15) is 47.1 Å². The van der Waals surface area contributed by atoms with Gasteiger partial charge in [0.25, 0.3) is 5.91 Å². The lowest BCUT2D eigenvalue weighted by Gasteiger charge is -2.20. The van der Waals surface area contributed by atoms with E-state index in [0.29, 0.717) is 35.9 Å². The summed E-state index contributed by atoms with van der Waals surface area (Å²) in [5, 5.41) is 13.6. The molecule has 140 valence electrons. The van der Waals surface area contributed by atoms with Crippen LogP contribution in [0.2, 0.25) is 0 Å². The first-order valence-corrected chi connectivity index (χ1v) is 9.34. The third-order valence-electron chi connectivity index (χ3n) is 5.39.